The number of hydrogen-bond acceptors (Lipinski definition) is 3. The highest BCUT2D eigenvalue weighted by atomic mass is 32.2. The molecular formula is C15H15NO2S. The monoisotopic (exact) mass is 273 g/mol. The van der Waals surface area contributed by atoms with E-state index < -0.39 is 5.97 Å². The summed E-state index contributed by atoms with van der Waals surface area (Å²) in [4.78, 5) is 15.4. The molecule has 0 spiro atoms. The number of carbonyl (C=O) groups is 1. The predicted octanol–water partition coefficient (Wildman–Crippen LogP) is 3.69. The number of carboxylic acid groups (broad SMARTS) is 1. The first-order valence-electron chi connectivity index (χ1n) is 5.95. The fraction of sp³-hybridized carbons (Fsp3) is 0.200. The third kappa shape index (κ3) is 3.58. The molecule has 0 aliphatic rings. The maximum atomic E-state index is 11.0. The minimum atomic E-state index is -0.914. The van der Waals surface area contributed by atoms with Gasteiger partial charge in [-0.25, -0.2) is 9.78 Å². The number of aromatic carboxylic acids is 1. The molecule has 0 radical (unpaired) electrons. The lowest BCUT2D eigenvalue weighted by atomic mass is 10.1. The molecule has 0 saturated heterocycles. The molecule has 4 heteroatoms. The van der Waals surface area contributed by atoms with Crippen LogP contribution in [0.2, 0.25) is 0 Å². The van der Waals surface area contributed by atoms with Crippen LogP contribution in [0.4, 0.5) is 0 Å². The van der Waals surface area contributed by atoms with Gasteiger partial charge in [-0.2, -0.15) is 0 Å². The molecular weight excluding hydrogens is 258 g/mol. The van der Waals surface area contributed by atoms with Crippen molar-refractivity contribution in [1.29, 1.82) is 0 Å². The molecule has 0 amide bonds. The van der Waals surface area contributed by atoms with Crippen LogP contribution in [0.3, 0.4) is 0 Å². The number of aromatic nitrogens is 1. The van der Waals surface area contributed by atoms with Gasteiger partial charge >= 0.3 is 5.97 Å². The van der Waals surface area contributed by atoms with Crippen LogP contribution in [-0.2, 0) is 5.75 Å². The van der Waals surface area contributed by atoms with Crippen molar-refractivity contribution in [3.63, 3.8) is 0 Å². The zero-order valence-corrected chi connectivity index (χ0v) is 11.7. The molecule has 0 fully saturated rings. The molecule has 98 valence electrons. The van der Waals surface area contributed by atoms with Gasteiger partial charge < -0.3 is 5.11 Å². The lowest BCUT2D eigenvalue weighted by molar-refractivity contribution is 0.0696. The Kier molecular flexibility index (Phi) is 4.22. The van der Waals surface area contributed by atoms with Gasteiger partial charge in [0.25, 0.3) is 0 Å². The largest absolute Gasteiger partial charge is 0.478 e. The molecule has 0 atom stereocenters. The standard InChI is InChI=1S/C15H15NO2S/c1-10-5-3-4-6-12(10)9-19-14-8-13(15(17)18)7-11(2)16-14/h3-8H,9H2,1-2H3,(H,17,18). The zero-order chi connectivity index (χ0) is 13.8. The second-order valence-electron chi connectivity index (χ2n) is 4.36. The van der Waals surface area contributed by atoms with E-state index in [-0.39, 0.29) is 0 Å². The fourth-order valence-electron chi connectivity index (χ4n) is 1.76. The summed E-state index contributed by atoms with van der Waals surface area (Å²) < 4.78 is 0. The summed E-state index contributed by atoms with van der Waals surface area (Å²) in [5, 5.41) is 9.78. The topological polar surface area (TPSA) is 50.2 Å². The fourth-order valence-corrected chi connectivity index (χ4v) is 2.81. The normalized spacial score (nSPS) is 10.4. The molecule has 3 nitrogen and oxygen atoms in total. The van der Waals surface area contributed by atoms with Crippen molar-refractivity contribution in [3.05, 3.63) is 58.8 Å². The summed E-state index contributed by atoms with van der Waals surface area (Å²) in [6.07, 6.45) is 0. The van der Waals surface area contributed by atoms with E-state index in [1.54, 1.807) is 23.9 Å². The summed E-state index contributed by atoms with van der Waals surface area (Å²) >= 11 is 1.56. The highest BCUT2D eigenvalue weighted by molar-refractivity contribution is 7.98. The Morgan fingerprint density at radius 2 is 2.00 bits per heavy atom. The molecule has 1 aromatic heterocycles. The number of benzene rings is 1. The van der Waals surface area contributed by atoms with E-state index in [0.29, 0.717) is 5.56 Å². The first-order valence-corrected chi connectivity index (χ1v) is 6.94. The summed E-state index contributed by atoms with van der Waals surface area (Å²) in [6, 6.07) is 11.4. The van der Waals surface area contributed by atoms with Crippen LogP contribution < -0.4 is 0 Å². The molecule has 2 rings (SSSR count). The van der Waals surface area contributed by atoms with Gasteiger partial charge in [0, 0.05) is 11.4 Å². The maximum absolute atomic E-state index is 11.0. The van der Waals surface area contributed by atoms with Crippen molar-refractivity contribution in [1.82, 2.24) is 4.98 Å². The van der Waals surface area contributed by atoms with E-state index >= 15 is 0 Å². The van der Waals surface area contributed by atoms with Crippen molar-refractivity contribution in [2.45, 2.75) is 24.6 Å². The second kappa shape index (κ2) is 5.89. The molecule has 19 heavy (non-hydrogen) atoms. The average molecular weight is 273 g/mol. The Morgan fingerprint density at radius 1 is 1.26 bits per heavy atom. The van der Waals surface area contributed by atoms with Gasteiger partial charge in [0.1, 0.15) is 0 Å². The number of carboxylic acids is 1. The first kappa shape index (κ1) is 13.6. The van der Waals surface area contributed by atoms with Gasteiger partial charge in [-0.1, -0.05) is 24.3 Å². The van der Waals surface area contributed by atoms with Crippen LogP contribution in [0, 0.1) is 13.8 Å². The SMILES string of the molecule is Cc1cc(C(=O)O)cc(SCc2ccccc2C)n1. The third-order valence-electron chi connectivity index (χ3n) is 2.81. The maximum Gasteiger partial charge on any atom is 0.335 e. The van der Waals surface area contributed by atoms with E-state index in [2.05, 4.69) is 24.0 Å². The van der Waals surface area contributed by atoms with Gasteiger partial charge in [0.2, 0.25) is 0 Å². The average Bonchev–Trinajstić information content (AvgIpc) is 2.37. The summed E-state index contributed by atoms with van der Waals surface area (Å²) in [5.41, 5.74) is 3.50. The van der Waals surface area contributed by atoms with Crippen molar-refractivity contribution in [2.24, 2.45) is 0 Å². The summed E-state index contributed by atoms with van der Waals surface area (Å²) in [7, 11) is 0. The van der Waals surface area contributed by atoms with Gasteiger partial charge in [-0.05, 0) is 37.1 Å². The molecule has 1 heterocycles. The quantitative estimate of drug-likeness (QED) is 0.863. The first-order chi connectivity index (χ1) is 9.06. The number of pyridine rings is 1. The van der Waals surface area contributed by atoms with E-state index in [1.165, 1.54) is 11.1 Å². The molecule has 1 aromatic carbocycles. The lowest BCUT2D eigenvalue weighted by Crippen LogP contribution is -1.99. The Balaban J connectivity index is 2.16. The number of thioether (sulfide) groups is 1. The zero-order valence-electron chi connectivity index (χ0n) is 10.9. The van der Waals surface area contributed by atoms with Gasteiger partial charge in [0.15, 0.2) is 0 Å². The number of hydrogen-bond donors (Lipinski definition) is 1. The Hall–Kier alpha value is -1.81. The minimum Gasteiger partial charge on any atom is -0.478 e. The highest BCUT2D eigenvalue weighted by Gasteiger charge is 2.07. The van der Waals surface area contributed by atoms with E-state index in [9.17, 15) is 4.79 Å². The molecule has 2 aromatic rings. The Morgan fingerprint density at radius 3 is 2.68 bits per heavy atom. The van der Waals surface area contributed by atoms with Gasteiger partial charge in [-0.3, -0.25) is 0 Å². The van der Waals surface area contributed by atoms with E-state index in [0.717, 1.165) is 16.5 Å². The molecule has 0 bridgehead atoms. The summed E-state index contributed by atoms with van der Waals surface area (Å²) in [5.74, 6) is -0.120. The summed E-state index contributed by atoms with van der Waals surface area (Å²) in [6.45, 7) is 3.88. The van der Waals surface area contributed by atoms with Crippen molar-refractivity contribution >= 4 is 17.7 Å². The third-order valence-corrected chi connectivity index (χ3v) is 3.77. The van der Waals surface area contributed by atoms with Crippen LogP contribution in [0.5, 0.6) is 0 Å². The van der Waals surface area contributed by atoms with E-state index in [1.807, 2.05) is 19.1 Å². The molecule has 0 aliphatic heterocycles. The molecule has 0 saturated carbocycles. The smallest absolute Gasteiger partial charge is 0.335 e. The van der Waals surface area contributed by atoms with Gasteiger partial charge in [0.05, 0.1) is 10.6 Å². The van der Waals surface area contributed by atoms with Crippen molar-refractivity contribution in [3.8, 4) is 0 Å². The van der Waals surface area contributed by atoms with Crippen LogP contribution >= 0.6 is 11.8 Å². The second-order valence-corrected chi connectivity index (χ2v) is 5.35. The minimum absolute atomic E-state index is 0.291. The van der Waals surface area contributed by atoms with Crippen molar-refractivity contribution in [2.75, 3.05) is 0 Å². The Labute approximate surface area is 116 Å². The van der Waals surface area contributed by atoms with Crippen molar-refractivity contribution < 1.29 is 9.90 Å². The molecule has 0 aliphatic carbocycles. The highest BCUT2D eigenvalue weighted by Crippen LogP contribution is 2.24. The predicted molar refractivity (Wildman–Crippen MR) is 76.7 cm³/mol. The lowest BCUT2D eigenvalue weighted by Gasteiger charge is -2.06. The van der Waals surface area contributed by atoms with Crippen LogP contribution in [0.25, 0.3) is 0 Å². The molecule has 0 unspecified atom stereocenters. The van der Waals surface area contributed by atoms with Crippen LogP contribution in [-0.4, -0.2) is 16.1 Å². The van der Waals surface area contributed by atoms with E-state index in [4.69, 9.17) is 5.11 Å². The number of nitrogens with zero attached hydrogens (tertiary/aromatic N) is 1. The van der Waals surface area contributed by atoms with Gasteiger partial charge in [-0.15, -0.1) is 11.8 Å². The van der Waals surface area contributed by atoms with Crippen LogP contribution in [0.1, 0.15) is 27.2 Å². The van der Waals surface area contributed by atoms with Crippen LogP contribution in [0.15, 0.2) is 41.4 Å². The number of rotatable bonds is 4. The Bertz CT molecular complexity index is 611. The molecule has 1 N–H and O–H groups in total. The number of aryl methyl sites for hydroxylation is 2.